The molecule has 5 nitrogen and oxygen atoms in total. The van der Waals surface area contributed by atoms with Crippen LogP contribution in [-0.4, -0.2) is 43.4 Å². The second-order valence-electron chi connectivity index (χ2n) is 4.87. The molecule has 0 unspecified atom stereocenters. The van der Waals surface area contributed by atoms with E-state index in [9.17, 15) is 4.79 Å². The first-order chi connectivity index (χ1) is 6.87. The molecule has 88 valence electrons. The molecule has 1 aliphatic rings. The van der Waals surface area contributed by atoms with Crippen molar-refractivity contribution in [2.45, 2.75) is 32.0 Å². The van der Waals surface area contributed by atoms with Crippen molar-refractivity contribution in [3.05, 3.63) is 0 Å². The molecular weight excluding hydrogens is 196 g/mol. The normalized spacial score (nSPS) is 19.5. The summed E-state index contributed by atoms with van der Waals surface area (Å²) in [6.07, 6.45) is 0. The Bertz CT molecular complexity index is 226. The second-order valence-corrected chi connectivity index (χ2v) is 4.87. The van der Waals surface area contributed by atoms with E-state index in [-0.39, 0.29) is 18.2 Å². The summed E-state index contributed by atoms with van der Waals surface area (Å²) in [4.78, 5) is 11.4. The van der Waals surface area contributed by atoms with Crippen LogP contribution in [0, 0.1) is 0 Å². The number of nitrogens with one attached hydrogen (secondary N) is 1. The quantitative estimate of drug-likeness (QED) is 0.628. The number of rotatable bonds is 4. The summed E-state index contributed by atoms with van der Waals surface area (Å²) in [6.45, 7) is 7.27. The first kappa shape index (κ1) is 12.4. The second kappa shape index (κ2) is 4.47. The summed E-state index contributed by atoms with van der Waals surface area (Å²) in [7, 11) is 0. The molecule has 0 aromatic rings. The lowest BCUT2D eigenvalue weighted by atomic mass is 9.97. The van der Waals surface area contributed by atoms with Crippen molar-refractivity contribution in [3.63, 3.8) is 0 Å². The molecule has 1 rings (SSSR count). The topological polar surface area (TPSA) is 73.6 Å². The van der Waals surface area contributed by atoms with Gasteiger partial charge in [-0.3, -0.25) is 0 Å². The third-order valence-corrected chi connectivity index (χ3v) is 2.18. The average molecular weight is 216 g/mol. The number of ether oxygens (including phenoxy) is 2. The SMILES string of the molecule is CC(C)(C)OC(=O)COC1(CN)CNC1. The molecule has 3 N–H and O–H groups in total. The number of esters is 1. The summed E-state index contributed by atoms with van der Waals surface area (Å²) < 4.78 is 10.6. The Hall–Kier alpha value is -0.650. The highest BCUT2D eigenvalue weighted by Crippen LogP contribution is 2.15. The summed E-state index contributed by atoms with van der Waals surface area (Å²) in [5.41, 5.74) is 4.74. The van der Waals surface area contributed by atoms with Gasteiger partial charge in [-0.05, 0) is 20.8 Å². The molecule has 15 heavy (non-hydrogen) atoms. The lowest BCUT2D eigenvalue weighted by Crippen LogP contribution is -2.65. The Labute approximate surface area is 90.3 Å². The molecule has 0 radical (unpaired) electrons. The maximum absolute atomic E-state index is 11.4. The summed E-state index contributed by atoms with van der Waals surface area (Å²) in [6, 6.07) is 0. The Morgan fingerprint density at radius 3 is 2.40 bits per heavy atom. The van der Waals surface area contributed by atoms with Gasteiger partial charge in [0, 0.05) is 19.6 Å². The minimum Gasteiger partial charge on any atom is -0.458 e. The Morgan fingerprint density at radius 1 is 1.47 bits per heavy atom. The Morgan fingerprint density at radius 2 is 2.07 bits per heavy atom. The van der Waals surface area contributed by atoms with Gasteiger partial charge in [0.2, 0.25) is 0 Å². The molecule has 0 amide bonds. The number of carbonyl (C=O) groups excluding carboxylic acids is 1. The van der Waals surface area contributed by atoms with Gasteiger partial charge in [-0.15, -0.1) is 0 Å². The van der Waals surface area contributed by atoms with Gasteiger partial charge in [-0.2, -0.15) is 0 Å². The van der Waals surface area contributed by atoms with Crippen LogP contribution in [0.4, 0.5) is 0 Å². The van der Waals surface area contributed by atoms with Crippen molar-refractivity contribution in [2.75, 3.05) is 26.2 Å². The van der Waals surface area contributed by atoms with Crippen LogP contribution in [0.5, 0.6) is 0 Å². The monoisotopic (exact) mass is 216 g/mol. The van der Waals surface area contributed by atoms with Gasteiger partial charge in [0.25, 0.3) is 0 Å². The van der Waals surface area contributed by atoms with Crippen LogP contribution in [0.25, 0.3) is 0 Å². The third-order valence-electron chi connectivity index (χ3n) is 2.18. The fraction of sp³-hybridized carbons (Fsp3) is 0.900. The molecule has 0 atom stereocenters. The van der Waals surface area contributed by atoms with Gasteiger partial charge >= 0.3 is 5.97 Å². The van der Waals surface area contributed by atoms with E-state index in [0.717, 1.165) is 0 Å². The standard InChI is InChI=1S/C10H20N2O3/c1-9(2,3)15-8(13)4-14-10(5-11)6-12-7-10/h12H,4-7,11H2,1-3H3. The summed E-state index contributed by atoms with van der Waals surface area (Å²) >= 11 is 0. The van der Waals surface area contributed by atoms with E-state index in [1.165, 1.54) is 0 Å². The first-order valence-corrected chi connectivity index (χ1v) is 5.13. The van der Waals surface area contributed by atoms with Crippen LogP contribution < -0.4 is 11.1 Å². The molecular formula is C10H20N2O3. The molecule has 1 fully saturated rings. The number of carbonyl (C=O) groups is 1. The van der Waals surface area contributed by atoms with Crippen LogP contribution in [0.1, 0.15) is 20.8 Å². The predicted molar refractivity (Wildman–Crippen MR) is 56.5 cm³/mol. The molecule has 0 saturated carbocycles. The van der Waals surface area contributed by atoms with Gasteiger partial charge in [-0.1, -0.05) is 0 Å². The number of hydrogen-bond donors (Lipinski definition) is 2. The van der Waals surface area contributed by atoms with Gasteiger partial charge in [0.05, 0.1) is 0 Å². The van der Waals surface area contributed by atoms with Crippen molar-refractivity contribution < 1.29 is 14.3 Å². The summed E-state index contributed by atoms with van der Waals surface area (Å²) in [5.74, 6) is -0.345. The van der Waals surface area contributed by atoms with E-state index in [1.807, 2.05) is 20.8 Å². The molecule has 1 saturated heterocycles. The third kappa shape index (κ3) is 3.77. The van der Waals surface area contributed by atoms with Crippen molar-refractivity contribution in [1.82, 2.24) is 5.32 Å². The number of nitrogens with two attached hydrogens (primary N) is 1. The van der Waals surface area contributed by atoms with E-state index in [2.05, 4.69) is 5.32 Å². The maximum Gasteiger partial charge on any atom is 0.332 e. The smallest absolute Gasteiger partial charge is 0.332 e. The first-order valence-electron chi connectivity index (χ1n) is 5.13. The van der Waals surface area contributed by atoms with Crippen LogP contribution >= 0.6 is 0 Å². The molecule has 0 bridgehead atoms. The van der Waals surface area contributed by atoms with E-state index < -0.39 is 5.60 Å². The fourth-order valence-electron chi connectivity index (χ4n) is 1.29. The zero-order valence-electron chi connectivity index (χ0n) is 9.63. The molecule has 0 aromatic heterocycles. The zero-order chi connectivity index (χ0) is 11.5. The van der Waals surface area contributed by atoms with Gasteiger partial charge < -0.3 is 20.5 Å². The minimum absolute atomic E-state index is 0.0316. The van der Waals surface area contributed by atoms with Crippen LogP contribution in [0.3, 0.4) is 0 Å². The molecule has 0 aliphatic carbocycles. The summed E-state index contributed by atoms with van der Waals surface area (Å²) in [5, 5.41) is 3.07. The minimum atomic E-state index is -0.464. The largest absolute Gasteiger partial charge is 0.458 e. The molecule has 5 heteroatoms. The molecule has 0 aromatic carbocycles. The van der Waals surface area contributed by atoms with E-state index >= 15 is 0 Å². The molecule has 1 heterocycles. The van der Waals surface area contributed by atoms with Crippen molar-refractivity contribution in [3.8, 4) is 0 Å². The van der Waals surface area contributed by atoms with Crippen molar-refractivity contribution in [1.29, 1.82) is 0 Å². The van der Waals surface area contributed by atoms with Crippen LogP contribution in [-0.2, 0) is 14.3 Å². The van der Waals surface area contributed by atoms with E-state index in [4.69, 9.17) is 15.2 Å². The average Bonchev–Trinajstić information content (AvgIpc) is 1.99. The fourth-order valence-corrected chi connectivity index (χ4v) is 1.29. The van der Waals surface area contributed by atoms with Crippen molar-refractivity contribution >= 4 is 5.97 Å². The Balaban J connectivity index is 2.27. The highest BCUT2D eigenvalue weighted by molar-refractivity contribution is 5.71. The van der Waals surface area contributed by atoms with Crippen LogP contribution in [0.15, 0.2) is 0 Å². The predicted octanol–water partition coefficient (Wildman–Crippen LogP) is -0.355. The van der Waals surface area contributed by atoms with E-state index in [0.29, 0.717) is 19.6 Å². The highest BCUT2D eigenvalue weighted by atomic mass is 16.6. The van der Waals surface area contributed by atoms with Gasteiger partial charge in [0.15, 0.2) is 0 Å². The van der Waals surface area contributed by atoms with Crippen LogP contribution in [0.2, 0.25) is 0 Å². The molecule has 0 spiro atoms. The maximum atomic E-state index is 11.4. The molecule has 1 aliphatic heterocycles. The number of hydrogen-bond acceptors (Lipinski definition) is 5. The van der Waals surface area contributed by atoms with E-state index in [1.54, 1.807) is 0 Å². The van der Waals surface area contributed by atoms with Gasteiger partial charge in [0.1, 0.15) is 17.8 Å². The highest BCUT2D eigenvalue weighted by Gasteiger charge is 2.37. The lowest BCUT2D eigenvalue weighted by Gasteiger charge is -2.41. The Kier molecular flexibility index (Phi) is 3.70. The van der Waals surface area contributed by atoms with Crippen molar-refractivity contribution in [2.24, 2.45) is 5.73 Å². The lowest BCUT2D eigenvalue weighted by molar-refractivity contribution is -0.169. The van der Waals surface area contributed by atoms with Gasteiger partial charge in [-0.25, -0.2) is 4.79 Å². The zero-order valence-corrected chi connectivity index (χ0v) is 9.63.